The summed E-state index contributed by atoms with van der Waals surface area (Å²) in [6, 6.07) is 23.4. The van der Waals surface area contributed by atoms with Crippen LogP contribution in [0.15, 0.2) is 84.6 Å². The smallest absolute Gasteiger partial charge is 0.0952 e. The highest BCUT2D eigenvalue weighted by molar-refractivity contribution is 7.18. The molecule has 0 amide bonds. The van der Waals surface area contributed by atoms with Crippen molar-refractivity contribution in [2.24, 2.45) is 0 Å². The molecule has 176 valence electrons. The number of hydrogen-bond acceptors (Lipinski definition) is 3. The van der Waals surface area contributed by atoms with Gasteiger partial charge in [0.2, 0.25) is 0 Å². The molecule has 3 heterocycles. The van der Waals surface area contributed by atoms with Crippen LogP contribution in [0.3, 0.4) is 0 Å². The van der Waals surface area contributed by atoms with Crippen LogP contribution in [-0.4, -0.2) is 22.6 Å². The minimum atomic E-state index is 0.396. The van der Waals surface area contributed by atoms with Gasteiger partial charge in [-0.05, 0) is 47.4 Å². The summed E-state index contributed by atoms with van der Waals surface area (Å²) in [4.78, 5) is 7.29. The normalized spacial score (nSPS) is 16.2. The lowest BCUT2D eigenvalue weighted by Crippen LogP contribution is -2.34. The molecule has 0 aliphatic carbocycles. The summed E-state index contributed by atoms with van der Waals surface area (Å²) in [5, 5.41) is 4.47. The molecule has 35 heavy (non-hydrogen) atoms. The topological polar surface area (TPSA) is 21.1 Å². The van der Waals surface area contributed by atoms with Crippen LogP contribution in [0.4, 0.5) is 5.69 Å². The number of nitrogens with zero attached hydrogens (tertiary/aromatic N) is 3. The first-order valence-corrected chi connectivity index (χ1v) is 13.6. The minimum Gasteiger partial charge on any atom is -0.370 e. The van der Waals surface area contributed by atoms with E-state index in [-0.39, 0.29) is 0 Å². The number of thiophene rings is 1. The fourth-order valence-electron chi connectivity index (χ4n) is 5.13. The van der Waals surface area contributed by atoms with E-state index in [1.165, 1.54) is 16.9 Å². The number of fused-ring (bicyclic) bond motifs is 1. The Morgan fingerprint density at radius 3 is 2.66 bits per heavy atom. The fraction of sp³-hybridized carbons (Fsp3) is 0.207. The number of hydrogen-bond donors (Lipinski definition) is 0. The Hall–Kier alpha value is -2.79. The van der Waals surface area contributed by atoms with Crippen molar-refractivity contribution in [2.75, 3.05) is 18.0 Å². The van der Waals surface area contributed by atoms with E-state index in [9.17, 15) is 0 Å². The highest BCUT2D eigenvalue weighted by Crippen LogP contribution is 2.44. The second kappa shape index (κ2) is 9.69. The van der Waals surface area contributed by atoms with Gasteiger partial charge in [-0.15, -0.1) is 11.3 Å². The van der Waals surface area contributed by atoms with Gasteiger partial charge in [0.05, 0.1) is 26.8 Å². The van der Waals surface area contributed by atoms with Gasteiger partial charge in [0.1, 0.15) is 0 Å². The molecule has 6 heteroatoms. The molecular formula is C29H25Cl2N3S. The number of aromatic nitrogens is 2. The maximum absolute atomic E-state index is 6.81. The van der Waals surface area contributed by atoms with Crippen LogP contribution < -0.4 is 4.90 Å². The monoisotopic (exact) mass is 517 g/mol. The molecular weight excluding hydrogens is 493 g/mol. The van der Waals surface area contributed by atoms with Crippen LogP contribution in [0, 0.1) is 0 Å². The van der Waals surface area contributed by atoms with Crippen molar-refractivity contribution < 1.29 is 0 Å². The molecule has 1 aliphatic rings. The summed E-state index contributed by atoms with van der Waals surface area (Å²) < 4.78 is 3.23. The van der Waals surface area contributed by atoms with Crippen molar-refractivity contribution in [3.8, 4) is 11.1 Å². The van der Waals surface area contributed by atoms with Gasteiger partial charge in [-0.1, -0.05) is 71.7 Å². The fourth-order valence-corrected chi connectivity index (χ4v) is 6.60. The van der Waals surface area contributed by atoms with Crippen molar-refractivity contribution in [1.82, 2.24) is 9.55 Å². The van der Waals surface area contributed by atoms with E-state index in [2.05, 4.69) is 87.8 Å². The van der Waals surface area contributed by atoms with Crippen LogP contribution >= 0.6 is 34.5 Å². The second-order valence-electron chi connectivity index (χ2n) is 9.15. The average molecular weight is 519 g/mol. The maximum atomic E-state index is 6.81. The lowest BCUT2D eigenvalue weighted by atomic mass is 9.93. The van der Waals surface area contributed by atoms with E-state index in [0.717, 1.165) is 53.7 Å². The zero-order chi connectivity index (χ0) is 23.8. The quantitative estimate of drug-likeness (QED) is 0.233. The summed E-state index contributed by atoms with van der Waals surface area (Å²) in [6.45, 7) is 2.80. The third-order valence-electron chi connectivity index (χ3n) is 6.86. The maximum Gasteiger partial charge on any atom is 0.0952 e. The highest BCUT2D eigenvalue weighted by atomic mass is 35.5. The standard InChI is InChI=1S/C29H25Cl2N3S/c30-27-24(15-21-12-14-35-29(21)28(27)31)23-10-4-5-11-26(23)34-13-6-9-22(17-34)25-18-33(19-32-25)16-20-7-2-1-3-8-20/h1-5,7-8,10-12,14-15,18-19,22H,6,9,13,16-17H2. The minimum absolute atomic E-state index is 0.396. The molecule has 2 aromatic heterocycles. The highest BCUT2D eigenvalue weighted by Gasteiger charge is 2.26. The van der Waals surface area contributed by atoms with E-state index in [4.69, 9.17) is 28.2 Å². The van der Waals surface area contributed by atoms with Gasteiger partial charge in [-0.3, -0.25) is 0 Å². The van der Waals surface area contributed by atoms with Crippen molar-refractivity contribution in [1.29, 1.82) is 0 Å². The van der Waals surface area contributed by atoms with E-state index in [1.807, 2.05) is 6.33 Å². The largest absolute Gasteiger partial charge is 0.370 e. The third-order valence-corrected chi connectivity index (χ3v) is 8.79. The van der Waals surface area contributed by atoms with Gasteiger partial charge in [-0.25, -0.2) is 4.98 Å². The van der Waals surface area contributed by atoms with Crippen molar-refractivity contribution in [2.45, 2.75) is 25.3 Å². The first-order valence-electron chi connectivity index (χ1n) is 11.9. The van der Waals surface area contributed by atoms with Crippen molar-refractivity contribution in [3.63, 3.8) is 0 Å². The Labute approximate surface area is 219 Å². The molecule has 1 fully saturated rings. The Bertz CT molecular complexity index is 1470. The summed E-state index contributed by atoms with van der Waals surface area (Å²) >= 11 is 15.1. The molecule has 0 saturated carbocycles. The summed E-state index contributed by atoms with van der Waals surface area (Å²) in [5.74, 6) is 0.396. The third kappa shape index (κ3) is 4.47. The summed E-state index contributed by atoms with van der Waals surface area (Å²) in [7, 11) is 0. The number of anilines is 1. The molecule has 0 spiro atoms. The van der Waals surface area contributed by atoms with Gasteiger partial charge in [0.15, 0.2) is 0 Å². The zero-order valence-corrected chi connectivity index (χ0v) is 21.5. The number of para-hydroxylation sites is 1. The molecule has 0 N–H and O–H groups in total. The average Bonchev–Trinajstić information content (AvgIpc) is 3.57. The molecule has 0 radical (unpaired) electrons. The van der Waals surface area contributed by atoms with E-state index >= 15 is 0 Å². The van der Waals surface area contributed by atoms with Gasteiger partial charge < -0.3 is 9.47 Å². The van der Waals surface area contributed by atoms with Gasteiger partial charge in [0.25, 0.3) is 0 Å². The SMILES string of the molecule is Clc1c(-c2ccccc2N2CCCC(c3cn(Cc4ccccc4)cn3)C2)cc2ccsc2c1Cl. The van der Waals surface area contributed by atoms with E-state index < -0.39 is 0 Å². The number of rotatable bonds is 5. The van der Waals surface area contributed by atoms with Crippen LogP contribution in [0.2, 0.25) is 10.0 Å². The summed E-state index contributed by atoms with van der Waals surface area (Å²) in [5.41, 5.74) is 5.78. The Kier molecular flexibility index (Phi) is 6.28. The second-order valence-corrected chi connectivity index (χ2v) is 10.8. The Balaban J connectivity index is 1.28. The van der Waals surface area contributed by atoms with Crippen LogP contribution in [0.25, 0.3) is 21.2 Å². The van der Waals surface area contributed by atoms with Gasteiger partial charge in [-0.2, -0.15) is 0 Å². The first-order chi connectivity index (χ1) is 17.2. The molecule has 1 unspecified atom stereocenters. The number of benzene rings is 3. The van der Waals surface area contributed by atoms with Crippen molar-refractivity contribution >= 4 is 50.3 Å². The van der Waals surface area contributed by atoms with Crippen LogP contribution in [-0.2, 0) is 6.54 Å². The number of halogens is 2. The molecule has 0 bridgehead atoms. The first kappa shape index (κ1) is 22.7. The molecule has 3 nitrogen and oxygen atoms in total. The lowest BCUT2D eigenvalue weighted by Gasteiger charge is -2.35. The Morgan fingerprint density at radius 2 is 1.77 bits per heavy atom. The van der Waals surface area contributed by atoms with Crippen molar-refractivity contribution in [3.05, 3.63) is 106 Å². The predicted molar refractivity (Wildman–Crippen MR) is 149 cm³/mol. The Morgan fingerprint density at radius 1 is 0.943 bits per heavy atom. The molecule has 1 saturated heterocycles. The van der Waals surface area contributed by atoms with Crippen LogP contribution in [0.1, 0.15) is 30.0 Å². The number of piperidine rings is 1. The van der Waals surface area contributed by atoms with E-state index in [1.54, 1.807) is 11.3 Å². The molecule has 3 aromatic carbocycles. The molecule has 1 atom stereocenters. The van der Waals surface area contributed by atoms with Crippen LogP contribution in [0.5, 0.6) is 0 Å². The van der Waals surface area contributed by atoms with E-state index in [0.29, 0.717) is 16.0 Å². The number of imidazole rings is 1. The zero-order valence-electron chi connectivity index (χ0n) is 19.2. The predicted octanol–water partition coefficient (Wildman–Crippen LogP) is 8.50. The molecule has 5 aromatic rings. The lowest BCUT2D eigenvalue weighted by molar-refractivity contribution is 0.503. The molecule has 6 rings (SSSR count). The van der Waals surface area contributed by atoms with Gasteiger partial charge in [0, 0.05) is 48.6 Å². The molecule has 1 aliphatic heterocycles. The van der Waals surface area contributed by atoms with Gasteiger partial charge >= 0.3 is 0 Å². The summed E-state index contributed by atoms with van der Waals surface area (Å²) in [6.07, 6.45) is 6.46.